The van der Waals surface area contributed by atoms with Crippen LogP contribution >= 0.6 is 22.7 Å². The van der Waals surface area contributed by atoms with Gasteiger partial charge in [0.25, 0.3) is 0 Å². The molecule has 0 spiro atoms. The van der Waals surface area contributed by atoms with E-state index in [0.717, 1.165) is 35.7 Å². The number of thiophene rings is 1. The zero-order valence-electron chi connectivity index (χ0n) is 13.7. The average Bonchev–Trinajstić information content (AvgIpc) is 3.36. The van der Waals surface area contributed by atoms with Gasteiger partial charge in [0, 0.05) is 4.88 Å². The summed E-state index contributed by atoms with van der Waals surface area (Å²) >= 11 is 3.12. The van der Waals surface area contributed by atoms with Crippen LogP contribution in [-0.2, 0) is 9.53 Å². The van der Waals surface area contributed by atoms with Gasteiger partial charge in [-0.25, -0.2) is 4.98 Å². The monoisotopic (exact) mass is 378 g/mol. The second-order valence-corrected chi connectivity index (χ2v) is 7.98. The number of likely N-dealkylation sites (tertiary alicyclic amines) is 1. The summed E-state index contributed by atoms with van der Waals surface area (Å²) in [4.78, 5) is 21.0. The van der Waals surface area contributed by atoms with Gasteiger partial charge in [0.05, 0.1) is 23.9 Å². The van der Waals surface area contributed by atoms with Crippen molar-refractivity contribution in [3.05, 3.63) is 33.6 Å². The van der Waals surface area contributed by atoms with E-state index in [4.69, 9.17) is 4.74 Å². The molecule has 4 rings (SSSR count). The highest BCUT2D eigenvalue weighted by Gasteiger charge is 2.34. The van der Waals surface area contributed by atoms with E-state index in [1.807, 2.05) is 11.4 Å². The Kier molecular flexibility index (Phi) is 4.45. The lowest BCUT2D eigenvalue weighted by Gasteiger charge is -2.35. The number of piperidine rings is 1. The summed E-state index contributed by atoms with van der Waals surface area (Å²) in [5, 5.41) is 16.8. The molecular weight excluding hydrogens is 360 g/mol. The summed E-state index contributed by atoms with van der Waals surface area (Å²) in [6.45, 7) is 1.55. The Bertz CT molecular complexity index is 865. The number of hydrogen-bond acceptors (Lipinski definition) is 8. The van der Waals surface area contributed by atoms with Gasteiger partial charge in [0.15, 0.2) is 0 Å². The van der Waals surface area contributed by atoms with E-state index in [1.165, 1.54) is 29.3 Å². The maximum atomic E-state index is 11.8. The summed E-state index contributed by atoms with van der Waals surface area (Å²) < 4.78 is 6.35. The van der Waals surface area contributed by atoms with Crippen LogP contribution in [0.25, 0.3) is 4.96 Å². The Labute approximate surface area is 152 Å². The Hall–Kier alpha value is -1.97. The van der Waals surface area contributed by atoms with Crippen molar-refractivity contribution in [2.45, 2.75) is 18.9 Å². The number of fused-ring (bicyclic) bond motifs is 1. The van der Waals surface area contributed by atoms with Gasteiger partial charge >= 0.3 is 5.97 Å². The van der Waals surface area contributed by atoms with Crippen LogP contribution in [0.4, 0.5) is 0 Å². The number of esters is 1. The molecule has 0 radical (unpaired) electrons. The first-order valence-corrected chi connectivity index (χ1v) is 9.75. The van der Waals surface area contributed by atoms with Gasteiger partial charge in [-0.15, -0.1) is 11.3 Å². The van der Waals surface area contributed by atoms with Crippen molar-refractivity contribution >= 4 is 33.6 Å². The molecule has 9 heteroatoms. The molecule has 1 saturated heterocycles. The van der Waals surface area contributed by atoms with Crippen LogP contribution in [0.3, 0.4) is 0 Å². The molecule has 1 fully saturated rings. The third-order valence-corrected chi connectivity index (χ3v) is 6.64. The smallest absolute Gasteiger partial charge is 0.308 e. The second kappa shape index (κ2) is 6.74. The molecule has 0 aliphatic carbocycles. The van der Waals surface area contributed by atoms with Gasteiger partial charge in [0.2, 0.25) is 10.8 Å². The molecule has 0 bridgehead atoms. The van der Waals surface area contributed by atoms with E-state index in [9.17, 15) is 9.90 Å². The zero-order chi connectivity index (χ0) is 17.4. The highest BCUT2D eigenvalue weighted by atomic mass is 32.1. The standard InChI is InChI=1S/C16H18N4O3S2/c1-23-15(22)10-4-6-19(7-5-10)12(11-3-2-8-24-11)13-14(21)20-16(25-13)17-9-18-20/h2-3,8-10,12,21H,4-7H2,1H3/t12-/m1/s1. The van der Waals surface area contributed by atoms with Crippen molar-refractivity contribution in [3.63, 3.8) is 0 Å². The fourth-order valence-corrected chi connectivity index (χ4v) is 5.38. The number of methoxy groups -OCH3 is 1. The lowest BCUT2D eigenvalue weighted by molar-refractivity contribution is -0.147. The molecule has 0 saturated carbocycles. The first-order valence-electron chi connectivity index (χ1n) is 8.05. The molecule has 25 heavy (non-hydrogen) atoms. The Morgan fingerprint density at radius 1 is 1.44 bits per heavy atom. The Balaban J connectivity index is 1.65. The molecule has 3 aromatic heterocycles. The SMILES string of the molecule is COC(=O)C1CCN([C@H](c2cccs2)c2sc3ncnn3c2O)CC1. The van der Waals surface area contributed by atoms with Gasteiger partial charge in [-0.2, -0.15) is 9.61 Å². The Morgan fingerprint density at radius 3 is 2.88 bits per heavy atom. The van der Waals surface area contributed by atoms with E-state index < -0.39 is 0 Å². The van der Waals surface area contributed by atoms with Crippen LogP contribution in [0, 0.1) is 5.92 Å². The van der Waals surface area contributed by atoms with Crippen molar-refractivity contribution in [3.8, 4) is 5.88 Å². The topological polar surface area (TPSA) is 80.0 Å². The minimum atomic E-state index is -0.131. The Morgan fingerprint density at radius 2 is 2.24 bits per heavy atom. The van der Waals surface area contributed by atoms with Crippen molar-refractivity contribution in [1.82, 2.24) is 19.5 Å². The predicted octanol–water partition coefficient (Wildman–Crippen LogP) is 2.53. The third-order valence-electron chi connectivity index (χ3n) is 4.63. The molecule has 3 aromatic rings. The molecule has 1 N–H and O–H groups in total. The molecular formula is C16H18N4O3S2. The normalized spacial score (nSPS) is 17.8. The highest BCUT2D eigenvalue weighted by molar-refractivity contribution is 7.17. The molecule has 0 unspecified atom stereocenters. The number of carbonyl (C=O) groups is 1. The summed E-state index contributed by atoms with van der Waals surface area (Å²) in [6, 6.07) is 4.05. The van der Waals surface area contributed by atoms with E-state index in [1.54, 1.807) is 11.3 Å². The fourth-order valence-electron chi connectivity index (χ4n) is 3.35. The largest absolute Gasteiger partial charge is 0.492 e. The van der Waals surface area contributed by atoms with Crippen molar-refractivity contribution in [2.24, 2.45) is 5.92 Å². The van der Waals surface area contributed by atoms with Crippen LogP contribution in [0.5, 0.6) is 5.88 Å². The molecule has 1 aliphatic rings. The van der Waals surface area contributed by atoms with Crippen LogP contribution < -0.4 is 0 Å². The van der Waals surface area contributed by atoms with Gasteiger partial charge < -0.3 is 9.84 Å². The lowest BCUT2D eigenvalue weighted by atomic mass is 9.95. The van der Waals surface area contributed by atoms with Gasteiger partial charge in [-0.3, -0.25) is 9.69 Å². The summed E-state index contributed by atoms with van der Waals surface area (Å²) in [7, 11) is 1.44. The first kappa shape index (κ1) is 16.5. The highest BCUT2D eigenvalue weighted by Crippen LogP contribution is 2.42. The molecule has 1 aliphatic heterocycles. The average molecular weight is 378 g/mol. The zero-order valence-corrected chi connectivity index (χ0v) is 15.3. The minimum Gasteiger partial charge on any atom is -0.492 e. The summed E-state index contributed by atoms with van der Waals surface area (Å²) in [5.41, 5.74) is 0. The number of thiazole rings is 1. The van der Waals surface area contributed by atoms with E-state index in [2.05, 4.69) is 21.0 Å². The van der Waals surface area contributed by atoms with E-state index in [0.29, 0.717) is 4.96 Å². The molecule has 4 heterocycles. The number of carbonyl (C=O) groups excluding carboxylic acids is 1. The molecule has 0 aromatic carbocycles. The van der Waals surface area contributed by atoms with Crippen LogP contribution in [0.1, 0.15) is 28.6 Å². The summed E-state index contributed by atoms with van der Waals surface area (Å²) in [6.07, 6.45) is 2.96. The third kappa shape index (κ3) is 2.92. The first-order chi connectivity index (χ1) is 12.2. The van der Waals surface area contributed by atoms with Crippen LogP contribution in [0.15, 0.2) is 23.8 Å². The number of rotatable bonds is 4. The molecule has 1 atom stereocenters. The molecule has 7 nitrogen and oxygen atoms in total. The van der Waals surface area contributed by atoms with Crippen LogP contribution in [0.2, 0.25) is 0 Å². The quantitative estimate of drug-likeness (QED) is 0.703. The number of aromatic hydroxyl groups is 1. The maximum Gasteiger partial charge on any atom is 0.308 e. The minimum absolute atomic E-state index is 0.0406. The van der Waals surface area contributed by atoms with Crippen LogP contribution in [-0.4, -0.2) is 50.8 Å². The van der Waals surface area contributed by atoms with E-state index >= 15 is 0 Å². The number of hydrogen-bond donors (Lipinski definition) is 1. The summed E-state index contributed by atoms with van der Waals surface area (Å²) in [5.74, 6) is -0.0268. The molecule has 132 valence electrons. The maximum absolute atomic E-state index is 11.8. The number of aromatic nitrogens is 3. The van der Waals surface area contributed by atoms with Crippen molar-refractivity contribution in [1.29, 1.82) is 0 Å². The van der Waals surface area contributed by atoms with Crippen molar-refractivity contribution in [2.75, 3.05) is 20.2 Å². The van der Waals surface area contributed by atoms with Crippen molar-refractivity contribution < 1.29 is 14.6 Å². The van der Waals surface area contributed by atoms with Gasteiger partial charge in [-0.1, -0.05) is 17.4 Å². The number of nitrogens with zero attached hydrogens (tertiary/aromatic N) is 4. The lowest BCUT2D eigenvalue weighted by Crippen LogP contribution is -2.39. The van der Waals surface area contributed by atoms with Gasteiger partial charge in [0.1, 0.15) is 6.33 Å². The molecule has 0 amide bonds. The predicted molar refractivity (Wildman–Crippen MR) is 95.0 cm³/mol. The second-order valence-electron chi connectivity index (χ2n) is 6.00. The van der Waals surface area contributed by atoms with E-state index in [-0.39, 0.29) is 23.8 Å². The number of ether oxygens (including phenoxy) is 1. The van der Waals surface area contributed by atoms with Gasteiger partial charge in [-0.05, 0) is 37.4 Å². The fraction of sp³-hybridized carbons (Fsp3) is 0.438.